The molecule has 0 aromatic heterocycles. The van der Waals surface area contributed by atoms with E-state index in [0.717, 1.165) is 0 Å². The standard InChI is InChI=1S/C18H27NO9.C17H26N2O9/c1-12(2)16(22)25-8-5-6-15(21)28-14(10-20)11-27-18(24)19-7-9-26-17(23)13(3)4;1-11(2)14(21)25-7-5-18-16(23)27-9-13(20)10-28-17(24)19-6-8-26-15(22)12(3)4/h14,20H,1,3,5-11H2,2,4H3,(H,19,24);13,20H,1,3,5-10H2,2,4H3,(H,18,23)(H,19,24). The summed E-state index contributed by atoms with van der Waals surface area (Å²) < 4.78 is 38.3. The predicted octanol–water partition coefficient (Wildman–Crippen LogP) is 0.674. The van der Waals surface area contributed by atoms with Crippen molar-refractivity contribution in [2.24, 2.45) is 0 Å². The minimum absolute atomic E-state index is 0.0167. The second-order valence-corrected chi connectivity index (χ2v) is 11.3. The van der Waals surface area contributed by atoms with Crippen LogP contribution in [-0.2, 0) is 61.9 Å². The average molecular weight is 804 g/mol. The molecule has 5 N–H and O–H groups in total. The molecule has 0 aliphatic carbocycles. The summed E-state index contributed by atoms with van der Waals surface area (Å²) in [6.45, 7) is 17.8. The lowest BCUT2D eigenvalue weighted by Crippen LogP contribution is -2.34. The molecular weight excluding hydrogens is 750 g/mol. The van der Waals surface area contributed by atoms with Crippen LogP contribution < -0.4 is 16.0 Å². The van der Waals surface area contributed by atoms with Crippen molar-refractivity contribution in [2.75, 3.05) is 72.5 Å². The van der Waals surface area contributed by atoms with Crippen LogP contribution in [0.5, 0.6) is 0 Å². The second-order valence-electron chi connectivity index (χ2n) is 11.3. The normalized spacial score (nSPS) is 10.4. The number of aliphatic hydroxyl groups excluding tert-OH is 2. The summed E-state index contributed by atoms with van der Waals surface area (Å²) in [6.07, 6.45) is -4.58. The van der Waals surface area contributed by atoms with Crippen LogP contribution in [0.2, 0.25) is 0 Å². The summed E-state index contributed by atoms with van der Waals surface area (Å²) in [5, 5.41) is 25.7. The molecule has 1 atom stereocenters. The number of hydrogen-bond donors (Lipinski definition) is 5. The van der Waals surface area contributed by atoms with Crippen LogP contribution in [0.1, 0.15) is 40.5 Å². The Labute approximate surface area is 324 Å². The van der Waals surface area contributed by atoms with E-state index in [1.54, 1.807) is 0 Å². The maximum absolute atomic E-state index is 11.7. The summed E-state index contributed by atoms with van der Waals surface area (Å²) in [7, 11) is 0. The van der Waals surface area contributed by atoms with Crippen LogP contribution in [0.4, 0.5) is 14.4 Å². The van der Waals surface area contributed by atoms with Gasteiger partial charge in [0.25, 0.3) is 0 Å². The van der Waals surface area contributed by atoms with Crippen molar-refractivity contribution in [3.05, 3.63) is 48.6 Å². The molecule has 0 rings (SSSR count). The number of carbonyl (C=O) groups is 8. The minimum Gasteiger partial charge on any atom is -0.462 e. The van der Waals surface area contributed by atoms with Crippen LogP contribution in [0, 0.1) is 0 Å². The Kier molecular flexibility index (Phi) is 29.2. The van der Waals surface area contributed by atoms with Gasteiger partial charge in [0.2, 0.25) is 0 Å². The molecule has 0 bridgehead atoms. The lowest BCUT2D eigenvalue weighted by atomic mass is 10.3. The van der Waals surface area contributed by atoms with E-state index in [1.807, 2.05) is 0 Å². The Morgan fingerprint density at radius 1 is 0.518 bits per heavy atom. The summed E-state index contributed by atoms with van der Waals surface area (Å²) in [5.74, 6) is -2.90. The van der Waals surface area contributed by atoms with Crippen molar-refractivity contribution < 1.29 is 86.5 Å². The van der Waals surface area contributed by atoms with Gasteiger partial charge in [0, 0.05) is 28.7 Å². The molecule has 3 amide bonds. The lowest BCUT2D eigenvalue weighted by Gasteiger charge is -2.16. The zero-order chi connectivity index (χ0) is 43.1. The van der Waals surface area contributed by atoms with Crippen LogP contribution >= 0.6 is 0 Å². The van der Waals surface area contributed by atoms with E-state index in [2.05, 4.69) is 42.3 Å². The molecule has 316 valence electrons. The monoisotopic (exact) mass is 803 g/mol. The SMILES string of the molecule is C=C(C)C(=O)OCCCC(=O)OC(CO)COC(=O)NCCOC(=O)C(=C)C.C=C(C)C(=O)OCCNC(=O)OCC(O)COC(=O)NCCOC(=O)C(=C)C. The Balaban J connectivity index is 0. The van der Waals surface area contributed by atoms with Crippen molar-refractivity contribution >= 4 is 48.1 Å². The van der Waals surface area contributed by atoms with Crippen molar-refractivity contribution in [3.63, 3.8) is 0 Å². The minimum atomic E-state index is -1.24. The highest BCUT2D eigenvalue weighted by Crippen LogP contribution is 2.02. The number of carbonyl (C=O) groups excluding carboxylic acids is 8. The molecule has 0 fully saturated rings. The highest BCUT2D eigenvalue weighted by atomic mass is 16.6. The molecule has 0 aliphatic heterocycles. The van der Waals surface area contributed by atoms with Crippen LogP contribution in [0.25, 0.3) is 0 Å². The summed E-state index contributed by atoms with van der Waals surface area (Å²) >= 11 is 0. The van der Waals surface area contributed by atoms with Crippen LogP contribution in [0.15, 0.2) is 48.6 Å². The lowest BCUT2D eigenvalue weighted by molar-refractivity contribution is -0.154. The maximum atomic E-state index is 11.7. The Morgan fingerprint density at radius 2 is 0.839 bits per heavy atom. The number of alkyl carbamates (subject to hydrolysis) is 3. The molecule has 0 saturated heterocycles. The zero-order valence-corrected chi connectivity index (χ0v) is 32.1. The first-order chi connectivity index (χ1) is 26.3. The maximum Gasteiger partial charge on any atom is 0.407 e. The number of rotatable bonds is 25. The molecule has 0 aliphatic rings. The Hall–Kier alpha value is -5.96. The zero-order valence-electron chi connectivity index (χ0n) is 32.1. The van der Waals surface area contributed by atoms with Gasteiger partial charge in [-0.25, -0.2) is 33.6 Å². The average Bonchev–Trinajstić information content (AvgIpc) is 3.14. The van der Waals surface area contributed by atoms with E-state index in [9.17, 15) is 48.6 Å². The van der Waals surface area contributed by atoms with Gasteiger partial charge in [0.15, 0.2) is 6.10 Å². The highest BCUT2D eigenvalue weighted by Gasteiger charge is 2.17. The molecule has 0 spiro atoms. The topological polar surface area (TPSA) is 287 Å². The number of hydrogen-bond acceptors (Lipinski definition) is 18. The third-order valence-electron chi connectivity index (χ3n) is 5.68. The van der Waals surface area contributed by atoms with Crippen molar-refractivity contribution in [1.82, 2.24) is 16.0 Å². The van der Waals surface area contributed by atoms with Gasteiger partial charge in [-0.15, -0.1) is 0 Å². The molecule has 0 aromatic rings. The van der Waals surface area contributed by atoms with Gasteiger partial charge in [0.05, 0.1) is 32.8 Å². The second kappa shape index (κ2) is 31.4. The molecular formula is C35H53N3O18. The molecule has 56 heavy (non-hydrogen) atoms. The van der Waals surface area contributed by atoms with Gasteiger partial charge in [-0.05, 0) is 34.1 Å². The molecule has 0 saturated carbocycles. The molecule has 21 nitrogen and oxygen atoms in total. The smallest absolute Gasteiger partial charge is 0.407 e. The fourth-order valence-corrected chi connectivity index (χ4v) is 2.85. The van der Waals surface area contributed by atoms with E-state index >= 15 is 0 Å². The number of esters is 5. The van der Waals surface area contributed by atoms with E-state index < -0.39 is 80.2 Å². The van der Waals surface area contributed by atoms with E-state index in [4.69, 9.17) is 37.9 Å². The van der Waals surface area contributed by atoms with Gasteiger partial charge < -0.3 is 64.1 Å². The van der Waals surface area contributed by atoms with Gasteiger partial charge in [0.1, 0.15) is 45.7 Å². The van der Waals surface area contributed by atoms with E-state index in [-0.39, 0.29) is 87.8 Å². The number of ether oxygens (including phenoxy) is 8. The van der Waals surface area contributed by atoms with Gasteiger partial charge in [-0.3, -0.25) is 4.79 Å². The van der Waals surface area contributed by atoms with Crippen LogP contribution in [0.3, 0.4) is 0 Å². The number of nitrogens with one attached hydrogen (secondary N) is 3. The third-order valence-corrected chi connectivity index (χ3v) is 5.68. The Bertz CT molecular complexity index is 1330. The third kappa shape index (κ3) is 30.5. The first-order valence-corrected chi connectivity index (χ1v) is 16.8. The van der Waals surface area contributed by atoms with Crippen molar-refractivity contribution in [1.29, 1.82) is 0 Å². The number of aliphatic hydroxyl groups is 2. The first-order valence-electron chi connectivity index (χ1n) is 16.8. The highest BCUT2D eigenvalue weighted by molar-refractivity contribution is 5.88. The molecule has 0 radical (unpaired) electrons. The summed E-state index contributed by atoms with van der Waals surface area (Å²) in [6, 6.07) is 0. The quantitative estimate of drug-likeness (QED) is 0.0367. The Morgan fingerprint density at radius 3 is 1.16 bits per heavy atom. The van der Waals surface area contributed by atoms with Crippen molar-refractivity contribution in [2.45, 2.75) is 52.7 Å². The van der Waals surface area contributed by atoms with Gasteiger partial charge >= 0.3 is 48.1 Å². The van der Waals surface area contributed by atoms with Gasteiger partial charge in [-0.1, -0.05) is 26.3 Å². The largest absolute Gasteiger partial charge is 0.462 e. The molecule has 21 heteroatoms. The predicted molar refractivity (Wildman–Crippen MR) is 193 cm³/mol. The summed E-state index contributed by atoms with van der Waals surface area (Å²) in [5.41, 5.74) is 0.974. The molecule has 0 heterocycles. The molecule has 0 aromatic carbocycles. The van der Waals surface area contributed by atoms with E-state index in [0.29, 0.717) is 0 Å². The van der Waals surface area contributed by atoms with Crippen LogP contribution in [-0.4, -0.2) is 143 Å². The van der Waals surface area contributed by atoms with Gasteiger partial charge in [-0.2, -0.15) is 0 Å². The number of amides is 3. The molecule has 1 unspecified atom stereocenters. The van der Waals surface area contributed by atoms with Crippen molar-refractivity contribution in [3.8, 4) is 0 Å². The summed E-state index contributed by atoms with van der Waals surface area (Å²) in [4.78, 5) is 90.4. The fourth-order valence-electron chi connectivity index (χ4n) is 2.85. The first kappa shape index (κ1) is 52.1. The van der Waals surface area contributed by atoms with E-state index in [1.165, 1.54) is 27.7 Å². The fraction of sp³-hybridized carbons (Fsp3) is 0.543.